The van der Waals surface area contributed by atoms with Crippen LogP contribution in [0.15, 0.2) is 54.6 Å². The van der Waals surface area contributed by atoms with Crippen molar-refractivity contribution in [2.24, 2.45) is 0 Å². The van der Waals surface area contributed by atoms with E-state index in [2.05, 4.69) is 19.1 Å². The van der Waals surface area contributed by atoms with E-state index in [1.807, 2.05) is 61.2 Å². The van der Waals surface area contributed by atoms with Crippen molar-refractivity contribution in [3.63, 3.8) is 0 Å². The summed E-state index contributed by atoms with van der Waals surface area (Å²) in [5.41, 5.74) is 1.59. The fraction of sp³-hybridized carbons (Fsp3) is 0.381. The Hall–Kier alpha value is -2.49. The van der Waals surface area contributed by atoms with Gasteiger partial charge in [0.15, 0.2) is 0 Å². The van der Waals surface area contributed by atoms with Gasteiger partial charge in [0.2, 0.25) is 0 Å². The van der Waals surface area contributed by atoms with Gasteiger partial charge in [0.25, 0.3) is 0 Å². The van der Waals surface area contributed by atoms with Crippen molar-refractivity contribution < 1.29 is 14.3 Å². The highest BCUT2D eigenvalue weighted by Gasteiger charge is 2.50. The lowest BCUT2D eigenvalue weighted by Gasteiger charge is -2.34. The van der Waals surface area contributed by atoms with Crippen LogP contribution in [0.4, 0.5) is 4.79 Å². The lowest BCUT2D eigenvalue weighted by Crippen LogP contribution is -2.36. The van der Waals surface area contributed by atoms with Crippen molar-refractivity contribution >= 4 is 6.09 Å². The molecule has 3 rings (SSSR count). The van der Waals surface area contributed by atoms with E-state index in [4.69, 9.17) is 9.47 Å². The average Bonchev–Trinajstić information content (AvgIpc) is 2.86. The van der Waals surface area contributed by atoms with Gasteiger partial charge in [-0.1, -0.05) is 49.4 Å². The summed E-state index contributed by atoms with van der Waals surface area (Å²) in [6, 6.07) is 17.8. The minimum absolute atomic E-state index is 0.0506. The van der Waals surface area contributed by atoms with Crippen LogP contribution in [0.25, 0.3) is 0 Å². The maximum absolute atomic E-state index is 12.7. The molecule has 0 spiro atoms. The third-order valence-electron chi connectivity index (χ3n) is 4.84. The molecule has 132 valence electrons. The molecule has 0 saturated carbocycles. The van der Waals surface area contributed by atoms with Crippen molar-refractivity contribution in [1.29, 1.82) is 0 Å². The Labute approximate surface area is 149 Å². The first-order chi connectivity index (χ1) is 12.0. The first-order valence-electron chi connectivity index (χ1n) is 8.68. The van der Waals surface area contributed by atoms with Gasteiger partial charge in [-0.25, -0.2) is 4.79 Å². The van der Waals surface area contributed by atoms with E-state index in [1.54, 1.807) is 7.11 Å². The lowest BCUT2D eigenvalue weighted by molar-refractivity contribution is 0.0669. The Morgan fingerprint density at radius 3 is 2.32 bits per heavy atom. The van der Waals surface area contributed by atoms with Crippen molar-refractivity contribution in [2.75, 3.05) is 7.11 Å². The standard InChI is InChI=1S/C21H25NO3/c1-5-18(15-11-13-17(24-4)14-12-15)22-19(16-9-7-6-8-10-16)21(2,3)25-20(22)23/h6-14,18-19H,5H2,1-4H3/t18-,19-/m1/s1. The summed E-state index contributed by atoms with van der Waals surface area (Å²) >= 11 is 0. The Morgan fingerprint density at radius 1 is 1.12 bits per heavy atom. The molecule has 1 aliphatic heterocycles. The minimum atomic E-state index is -0.585. The average molecular weight is 339 g/mol. The van der Waals surface area contributed by atoms with Gasteiger partial charge in [0.05, 0.1) is 13.2 Å². The highest BCUT2D eigenvalue weighted by Crippen LogP contribution is 2.46. The number of hydrogen-bond acceptors (Lipinski definition) is 3. The molecule has 1 fully saturated rings. The minimum Gasteiger partial charge on any atom is -0.497 e. The summed E-state index contributed by atoms with van der Waals surface area (Å²) in [5, 5.41) is 0. The summed E-state index contributed by atoms with van der Waals surface area (Å²) in [4.78, 5) is 14.6. The first-order valence-corrected chi connectivity index (χ1v) is 8.68. The second kappa shape index (κ2) is 6.79. The second-order valence-corrected chi connectivity index (χ2v) is 6.89. The van der Waals surface area contributed by atoms with E-state index in [-0.39, 0.29) is 18.2 Å². The summed E-state index contributed by atoms with van der Waals surface area (Å²) in [6.07, 6.45) is 0.544. The topological polar surface area (TPSA) is 38.8 Å². The van der Waals surface area contributed by atoms with E-state index < -0.39 is 5.60 Å². The van der Waals surface area contributed by atoms with Gasteiger partial charge in [-0.05, 0) is 43.5 Å². The van der Waals surface area contributed by atoms with Gasteiger partial charge >= 0.3 is 6.09 Å². The number of ether oxygens (including phenoxy) is 2. The van der Waals surface area contributed by atoms with Crippen molar-refractivity contribution in [3.05, 3.63) is 65.7 Å². The number of cyclic esters (lactones) is 1. The molecule has 2 aromatic carbocycles. The Kier molecular flexibility index (Phi) is 4.71. The monoisotopic (exact) mass is 339 g/mol. The SMILES string of the molecule is CC[C@H](c1ccc(OC)cc1)N1C(=O)OC(C)(C)[C@H]1c1ccccc1. The second-order valence-electron chi connectivity index (χ2n) is 6.89. The number of amides is 1. The van der Waals surface area contributed by atoms with Crippen LogP contribution in [0.3, 0.4) is 0 Å². The molecule has 1 saturated heterocycles. The zero-order valence-corrected chi connectivity index (χ0v) is 15.2. The molecule has 1 aliphatic rings. The number of rotatable bonds is 5. The maximum Gasteiger partial charge on any atom is 0.411 e. The summed E-state index contributed by atoms with van der Waals surface area (Å²) in [5.74, 6) is 0.808. The molecule has 2 aromatic rings. The van der Waals surface area contributed by atoms with Crippen LogP contribution in [0.5, 0.6) is 5.75 Å². The van der Waals surface area contributed by atoms with Crippen LogP contribution >= 0.6 is 0 Å². The fourth-order valence-corrected chi connectivity index (χ4v) is 3.70. The number of nitrogens with zero attached hydrogens (tertiary/aromatic N) is 1. The molecule has 1 heterocycles. The fourth-order valence-electron chi connectivity index (χ4n) is 3.70. The van der Waals surface area contributed by atoms with Crippen molar-refractivity contribution in [2.45, 2.75) is 44.9 Å². The van der Waals surface area contributed by atoms with Crippen LogP contribution in [0.2, 0.25) is 0 Å². The van der Waals surface area contributed by atoms with Gasteiger partial charge < -0.3 is 9.47 Å². The molecular weight excluding hydrogens is 314 g/mol. The van der Waals surface area contributed by atoms with Gasteiger partial charge in [0, 0.05) is 0 Å². The number of benzene rings is 2. The van der Waals surface area contributed by atoms with E-state index in [0.29, 0.717) is 0 Å². The molecule has 25 heavy (non-hydrogen) atoms. The molecule has 0 bridgehead atoms. The molecule has 0 aliphatic carbocycles. The highest BCUT2D eigenvalue weighted by atomic mass is 16.6. The molecule has 0 N–H and O–H groups in total. The molecule has 0 unspecified atom stereocenters. The van der Waals surface area contributed by atoms with Gasteiger partial charge in [-0.15, -0.1) is 0 Å². The van der Waals surface area contributed by atoms with E-state index in [1.165, 1.54) is 0 Å². The van der Waals surface area contributed by atoms with Crippen LogP contribution in [0.1, 0.15) is 50.4 Å². The summed E-state index contributed by atoms with van der Waals surface area (Å²) in [6.45, 7) is 6.04. The maximum atomic E-state index is 12.7. The van der Waals surface area contributed by atoms with Crippen LogP contribution < -0.4 is 4.74 Å². The van der Waals surface area contributed by atoms with Crippen LogP contribution in [-0.2, 0) is 4.74 Å². The third-order valence-corrected chi connectivity index (χ3v) is 4.84. The van der Waals surface area contributed by atoms with Crippen LogP contribution in [-0.4, -0.2) is 23.7 Å². The molecular formula is C21H25NO3. The molecule has 4 nitrogen and oxygen atoms in total. The molecule has 0 radical (unpaired) electrons. The first kappa shape index (κ1) is 17.3. The molecule has 0 aromatic heterocycles. The lowest BCUT2D eigenvalue weighted by atomic mass is 9.89. The molecule has 4 heteroatoms. The van der Waals surface area contributed by atoms with E-state index in [9.17, 15) is 4.79 Å². The normalized spacial score (nSPS) is 20.2. The largest absolute Gasteiger partial charge is 0.497 e. The number of methoxy groups -OCH3 is 1. The predicted octanol–water partition coefficient (Wildman–Crippen LogP) is 5.12. The van der Waals surface area contributed by atoms with Gasteiger partial charge in [-0.3, -0.25) is 4.90 Å². The predicted molar refractivity (Wildman–Crippen MR) is 97.6 cm³/mol. The van der Waals surface area contributed by atoms with E-state index >= 15 is 0 Å². The summed E-state index contributed by atoms with van der Waals surface area (Å²) < 4.78 is 11.0. The Bertz CT molecular complexity index is 725. The quantitative estimate of drug-likeness (QED) is 0.759. The van der Waals surface area contributed by atoms with Crippen molar-refractivity contribution in [1.82, 2.24) is 4.90 Å². The van der Waals surface area contributed by atoms with Crippen LogP contribution in [0, 0.1) is 0 Å². The zero-order valence-electron chi connectivity index (χ0n) is 15.2. The number of hydrogen-bond donors (Lipinski definition) is 0. The molecule has 2 atom stereocenters. The number of carbonyl (C=O) groups excluding carboxylic acids is 1. The smallest absolute Gasteiger partial charge is 0.411 e. The Morgan fingerprint density at radius 2 is 1.76 bits per heavy atom. The third kappa shape index (κ3) is 3.21. The molecule has 1 amide bonds. The number of carbonyl (C=O) groups is 1. The van der Waals surface area contributed by atoms with Gasteiger partial charge in [0.1, 0.15) is 17.4 Å². The van der Waals surface area contributed by atoms with Crippen molar-refractivity contribution in [3.8, 4) is 5.75 Å². The zero-order chi connectivity index (χ0) is 18.0. The highest BCUT2D eigenvalue weighted by molar-refractivity contribution is 5.73. The van der Waals surface area contributed by atoms with E-state index in [0.717, 1.165) is 23.3 Å². The van der Waals surface area contributed by atoms with Gasteiger partial charge in [-0.2, -0.15) is 0 Å². The summed E-state index contributed by atoms with van der Waals surface area (Å²) in [7, 11) is 1.65. The Balaban J connectivity index is 2.02.